The molecule has 3 aromatic carbocycles. The first-order valence-corrected chi connectivity index (χ1v) is 20.2. The van der Waals surface area contributed by atoms with Gasteiger partial charge < -0.3 is 108 Å². The molecule has 0 bridgehead atoms. The maximum absolute atomic E-state index is 13.7. The van der Waals surface area contributed by atoms with Crippen LogP contribution in [0.2, 0.25) is 0 Å². The van der Waals surface area contributed by atoms with Gasteiger partial charge in [-0.05, 0) is 35.2 Å². The molecule has 0 saturated carbocycles. The molecule has 0 aliphatic carbocycles. The van der Waals surface area contributed by atoms with Crippen molar-refractivity contribution in [3.8, 4) is 39.9 Å². The van der Waals surface area contributed by atoms with Crippen molar-refractivity contribution in [2.45, 2.75) is 91.8 Å². The zero-order valence-electron chi connectivity index (χ0n) is 34.2. The van der Waals surface area contributed by atoms with E-state index in [2.05, 4.69) is 0 Å². The number of aliphatic hydroxyl groups is 9. The largest absolute Gasteiger partial charge is 0.493 e. The molecule has 0 unspecified atom stereocenters. The predicted octanol–water partition coefficient (Wildman–Crippen LogP) is -2.87. The van der Waals surface area contributed by atoms with Gasteiger partial charge >= 0.3 is 5.97 Å². The molecule has 4 fully saturated rings. The Hall–Kier alpha value is -4.25. The van der Waals surface area contributed by atoms with Crippen LogP contribution < -0.4 is 23.7 Å². The van der Waals surface area contributed by atoms with Crippen LogP contribution in [-0.2, 0) is 44.5 Å². The van der Waals surface area contributed by atoms with Crippen molar-refractivity contribution in [3.63, 3.8) is 0 Å². The number of carbonyl (C=O) groups is 1. The van der Waals surface area contributed by atoms with Crippen LogP contribution >= 0.6 is 0 Å². The second-order valence-corrected chi connectivity index (χ2v) is 16.2. The number of fused-ring (bicyclic) bond motifs is 3. The maximum atomic E-state index is 13.7. The fourth-order valence-electron chi connectivity index (χ4n) is 8.49. The van der Waals surface area contributed by atoms with Crippen LogP contribution in [0.5, 0.6) is 28.7 Å². The highest BCUT2D eigenvalue weighted by Gasteiger charge is 2.57. The van der Waals surface area contributed by atoms with Gasteiger partial charge in [-0.1, -0.05) is 6.07 Å². The number of benzene rings is 3. The molecule has 9 N–H and O–H groups in total. The number of carbonyl (C=O) groups excluding carboxylic acids is 1. The fraction of sp³-hybridized carbons (Fsp3) is 0.585. The average molecular weight is 909 g/mol. The molecular weight excluding hydrogens is 860 g/mol. The van der Waals surface area contributed by atoms with E-state index in [-0.39, 0.29) is 36.0 Å². The molecule has 0 amide bonds. The molecule has 4 saturated heterocycles. The Bertz CT molecular complexity index is 2220. The molecule has 6 aliphatic rings. The third kappa shape index (κ3) is 7.77. The van der Waals surface area contributed by atoms with E-state index in [9.17, 15) is 50.8 Å². The van der Waals surface area contributed by atoms with Crippen molar-refractivity contribution >= 4 is 16.7 Å². The highest BCUT2D eigenvalue weighted by molar-refractivity contribution is 6.14. The van der Waals surface area contributed by atoms with Gasteiger partial charge in [0, 0.05) is 16.5 Å². The summed E-state index contributed by atoms with van der Waals surface area (Å²) in [6.45, 7) is -3.99. The Kier molecular flexibility index (Phi) is 12.3. The van der Waals surface area contributed by atoms with Gasteiger partial charge in [0.05, 0.1) is 59.4 Å². The molecule has 6 heterocycles. The summed E-state index contributed by atoms with van der Waals surface area (Å²) in [6, 6.07) is 8.42. The Morgan fingerprint density at radius 2 is 1.39 bits per heavy atom. The summed E-state index contributed by atoms with van der Waals surface area (Å²) in [5.41, 5.74) is -2.98. The first-order chi connectivity index (χ1) is 30.7. The van der Waals surface area contributed by atoms with E-state index in [0.717, 1.165) is 0 Å². The van der Waals surface area contributed by atoms with E-state index in [0.29, 0.717) is 39.1 Å². The highest BCUT2D eigenvalue weighted by Crippen LogP contribution is 2.50. The second-order valence-electron chi connectivity index (χ2n) is 16.2. The van der Waals surface area contributed by atoms with E-state index >= 15 is 0 Å². The van der Waals surface area contributed by atoms with Gasteiger partial charge in [-0.3, -0.25) is 0 Å². The summed E-state index contributed by atoms with van der Waals surface area (Å²) < 4.78 is 74.9. The summed E-state index contributed by atoms with van der Waals surface area (Å²) in [7, 11) is 2.87. The lowest BCUT2D eigenvalue weighted by molar-refractivity contribution is -0.332. The predicted molar refractivity (Wildman–Crippen MR) is 206 cm³/mol. The number of ether oxygens (including phenoxy) is 13. The molecule has 0 radical (unpaired) electrons. The molecule has 6 aliphatic heterocycles. The monoisotopic (exact) mass is 908 g/mol. The van der Waals surface area contributed by atoms with E-state index in [1.54, 1.807) is 30.3 Å². The van der Waals surface area contributed by atoms with Crippen molar-refractivity contribution < 1.29 is 112 Å². The normalized spacial score (nSPS) is 36.9. The third-order valence-electron chi connectivity index (χ3n) is 12.1. The number of aliphatic hydroxyl groups excluding tert-OH is 7. The van der Waals surface area contributed by atoms with Crippen LogP contribution in [0, 0.1) is 0 Å². The third-order valence-corrected chi connectivity index (χ3v) is 12.1. The highest BCUT2D eigenvalue weighted by atomic mass is 16.8. The van der Waals surface area contributed by atoms with Gasteiger partial charge in [0.15, 0.2) is 48.0 Å². The van der Waals surface area contributed by atoms with Gasteiger partial charge in [-0.2, -0.15) is 0 Å². The Morgan fingerprint density at radius 3 is 2.12 bits per heavy atom. The number of rotatable bonds is 13. The Balaban J connectivity index is 1.09. The molecule has 350 valence electrons. The fourth-order valence-corrected chi connectivity index (χ4v) is 8.49. The van der Waals surface area contributed by atoms with Crippen molar-refractivity contribution in [1.82, 2.24) is 0 Å². The van der Waals surface area contributed by atoms with Gasteiger partial charge in [0.1, 0.15) is 66.3 Å². The molecule has 23 nitrogen and oxygen atoms in total. The molecular formula is C41H48O23. The van der Waals surface area contributed by atoms with Gasteiger partial charge in [-0.25, -0.2) is 4.79 Å². The number of esters is 1. The van der Waals surface area contributed by atoms with Crippen molar-refractivity contribution in [2.75, 3.05) is 60.7 Å². The number of methoxy groups -OCH3 is 2. The first kappa shape index (κ1) is 44.9. The van der Waals surface area contributed by atoms with Crippen molar-refractivity contribution in [3.05, 3.63) is 41.5 Å². The second kappa shape index (κ2) is 17.5. The average Bonchev–Trinajstić information content (AvgIpc) is 4.07. The lowest BCUT2D eigenvalue weighted by atomic mass is 9.89. The van der Waals surface area contributed by atoms with E-state index < -0.39 is 131 Å². The zero-order valence-corrected chi connectivity index (χ0v) is 34.2. The molecule has 64 heavy (non-hydrogen) atoms. The van der Waals surface area contributed by atoms with Crippen LogP contribution in [0.1, 0.15) is 15.9 Å². The van der Waals surface area contributed by atoms with Gasteiger partial charge in [0.25, 0.3) is 0 Å². The summed E-state index contributed by atoms with van der Waals surface area (Å²) in [5, 5.41) is 97.1. The van der Waals surface area contributed by atoms with Crippen LogP contribution in [-0.4, -0.2) is 198 Å². The van der Waals surface area contributed by atoms with Crippen LogP contribution in [0.4, 0.5) is 0 Å². The Labute approximate surface area is 362 Å². The van der Waals surface area contributed by atoms with Gasteiger partial charge in [0.2, 0.25) is 13.1 Å². The maximum Gasteiger partial charge on any atom is 0.339 e. The quantitative estimate of drug-likeness (QED) is 0.0779. The van der Waals surface area contributed by atoms with Crippen LogP contribution in [0.25, 0.3) is 21.9 Å². The summed E-state index contributed by atoms with van der Waals surface area (Å²) >= 11 is 0. The van der Waals surface area contributed by atoms with E-state index in [4.69, 9.17) is 61.6 Å². The van der Waals surface area contributed by atoms with Crippen molar-refractivity contribution in [1.29, 1.82) is 0 Å². The number of hydrogen-bond acceptors (Lipinski definition) is 23. The molecule has 9 rings (SSSR count). The minimum atomic E-state index is -2.26. The van der Waals surface area contributed by atoms with Crippen LogP contribution in [0.15, 0.2) is 30.3 Å². The smallest absolute Gasteiger partial charge is 0.339 e. The Morgan fingerprint density at radius 1 is 0.703 bits per heavy atom. The van der Waals surface area contributed by atoms with E-state index in [1.807, 2.05) is 0 Å². The topological polar surface area (TPSA) is 319 Å². The minimum Gasteiger partial charge on any atom is -0.493 e. The standard InChI is InChI=1S/C41H48O23/c1-52-23-6-17-18(7-24(23)53-2)31(19-8-54-35(49)27(19)26(17)16-3-4-22-25(5-16)61-15-60-22)62-39-34(41(51,14-59-39)13-57-36-29(46)28(45)20(43)9-55-36)64-37-30(47)32(21(44)10-56-37)63-38-33(48)40(50,11-42)12-58-38/h3-7,20-21,28-30,32-34,36-39,42-48,50-51H,8-15H2,1-2H3/t20-,21-,28+,29-,30+,32-,33+,34+,36+,37-,38+,39+,40-,41-/m1/s1. The molecule has 14 atom stereocenters. The van der Waals surface area contributed by atoms with E-state index in [1.165, 1.54) is 14.2 Å². The summed E-state index contributed by atoms with van der Waals surface area (Å²) in [4.78, 5) is 13.7. The summed E-state index contributed by atoms with van der Waals surface area (Å²) in [5.74, 6) is 0.840. The SMILES string of the molecule is COc1cc2c(O[C@@H]3OC[C@](O)(CO[C@@H]4OC[C@@H](O)[C@H](O)[C@H]4O)[C@H]3O[C@H]3OC[C@@H](O)[C@@H](O[C@@H]4OC[C@](O)(CO)[C@H]4O)[C@@H]3O)c3c(c(-c4ccc5c(c4)OCO5)c2cc1OC)C(=O)OC3. The summed E-state index contributed by atoms with van der Waals surface area (Å²) in [6.07, 6.45) is -20.0. The first-order valence-electron chi connectivity index (χ1n) is 20.2. The number of hydrogen-bond donors (Lipinski definition) is 9. The molecule has 23 heteroatoms. The molecule has 0 spiro atoms. The zero-order chi connectivity index (χ0) is 45.2. The lowest BCUT2D eigenvalue weighted by Gasteiger charge is -2.42. The lowest BCUT2D eigenvalue weighted by Crippen LogP contribution is -2.61. The number of cyclic esters (lactones) is 1. The van der Waals surface area contributed by atoms with Gasteiger partial charge in [-0.15, -0.1) is 0 Å². The molecule has 0 aromatic heterocycles. The van der Waals surface area contributed by atoms with Crippen molar-refractivity contribution in [2.24, 2.45) is 0 Å². The minimum absolute atomic E-state index is 0.00303. The molecule has 3 aromatic rings. The van der Waals surface area contributed by atoms with Crippen LogP contribution in [0.3, 0.4) is 0 Å².